The molecule has 2 rings (SSSR count). The minimum Gasteiger partial charge on any atom is -0.495 e. The van der Waals surface area contributed by atoms with Crippen molar-refractivity contribution in [2.24, 2.45) is 5.92 Å². The van der Waals surface area contributed by atoms with Crippen molar-refractivity contribution >= 4 is 11.6 Å². The van der Waals surface area contributed by atoms with Crippen molar-refractivity contribution in [1.82, 2.24) is 0 Å². The molecule has 1 aromatic rings. The van der Waals surface area contributed by atoms with E-state index in [4.69, 9.17) is 4.74 Å². The third kappa shape index (κ3) is 3.09. The Hall–Kier alpha value is -1.77. The van der Waals surface area contributed by atoms with Crippen LogP contribution >= 0.6 is 0 Å². The molecule has 1 amide bonds. The summed E-state index contributed by atoms with van der Waals surface area (Å²) in [4.78, 5) is 11.8. The van der Waals surface area contributed by atoms with Gasteiger partial charge in [0.15, 0.2) is 0 Å². The molecule has 0 fully saturated rings. The molecule has 0 aromatic heterocycles. The summed E-state index contributed by atoms with van der Waals surface area (Å²) in [6.45, 7) is 0. The summed E-state index contributed by atoms with van der Waals surface area (Å²) in [7, 11) is 1.60. The zero-order chi connectivity index (χ0) is 12.1. The monoisotopic (exact) mass is 231 g/mol. The Morgan fingerprint density at radius 1 is 1.47 bits per heavy atom. The van der Waals surface area contributed by atoms with Gasteiger partial charge in [-0.15, -0.1) is 0 Å². The van der Waals surface area contributed by atoms with E-state index in [0.717, 1.165) is 18.5 Å². The standard InChI is InChI=1S/C14H17NO2/c1-17-13-9-5-4-8-12(13)15-14(16)10-11-6-2-3-7-11/h2,4-6,8-9,11H,3,7,10H2,1H3,(H,15,16)/t11-/m0/s1. The van der Waals surface area contributed by atoms with Crippen molar-refractivity contribution in [3.8, 4) is 5.75 Å². The Morgan fingerprint density at radius 2 is 2.29 bits per heavy atom. The van der Waals surface area contributed by atoms with Gasteiger partial charge in [0, 0.05) is 6.42 Å². The fourth-order valence-electron chi connectivity index (χ4n) is 2.05. The number of benzene rings is 1. The molecule has 0 aliphatic heterocycles. The maximum absolute atomic E-state index is 11.8. The fourth-order valence-corrected chi connectivity index (χ4v) is 2.05. The molecule has 1 aliphatic carbocycles. The number of nitrogens with one attached hydrogen (secondary N) is 1. The average molecular weight is 231 g/mol. The molecule has 3 nitrogen and oxygen atoms in total. The van der Waals surface area contributed by atoms with E-state index >= 15 is 0 Å². The molecule has 0 saturated carbocycles. The molecular weight excluding hydrogens is 214 g/mol. The van der Waals surface area contributed by atoms with Crippen LogP contribution in [0.3, 0.4) is 0 Å². The minimum absolute atomic E-state index is 0.0473. The minimum atomic E-state index is 0.0473. The first kappa shape index (κ1) is 11.7. The van der Waals surface area contributed by atoms with E-state index in [2.05, 4.69) is 17.5 Å². The SMILES string of the molecule is COc1ccccc1NC(=O)C[C@H]1C=CCC1. The lowest BCUT2D eigenvalue weighted by molar-refractivity contribution is -0.116. The lowest BCUT2D eigenvalue weighted by Crippen LogP contribution is -2.15. The molecule has 17 heavy (non-hydrogen) atoms. The van der Waals surface area contributed by atoms with Crippen LogP contribution < -0.4 is 10.1 Å². The van der Waals surface area contributed by atoms with Crippen molar-refractivity contribution < 1.29 is 9.53 Å². The van der Waals surface area contributed by atoms with Gasteiger partial charge in [0.1, 0.15) is 5.75 Å². The molecule has 0 unspecified atom stereocenters. The molecule has 1 N–H and O–H groups in total. The Labute approximate surface area is 101 Å². The van der Waals surface area contributed by atoms with Crippen molar-refractivity contribution in [3.63, 3.8) is 0 Å². The summed E-state index contributed by atoms with van der Waals surface area (Å²) in [5.74, 6) is 1.14. The Morgan fingerprint density at radius 3 is 3.00 bits per heavy atom. The number of allylic oxidation sites excluding steroid dienone is 2. The van der Waals surface area contributed by atoms with Crippen LogP contribution in [-0.4, -0.2) is 13.0 Å². The topological polar surface area (TPSA) is 38.3 Å². The number of methoxy groups -OCH3 is 1. The summed E-state index contributed by atoms with van der Waals surface area (Å²) >= 11 is 0. The van der Waals surface area contributed by atoms with Crippen LogP contribution in [0, 0.1) is 5.92 Å². The Balaban J connectivity index is 1.95. The summed E-state index contributed by atoms with van der Waals surface area (Å²) in [5.41, 5.74) is 0.738. The second-order valence-corrected chi connectivity index (χ2v) is 4.22. The maximum Gasteiger partial charge on any atom is 0.225 e. The van der Waals surface area contributed by atoms with Gasteiger partial charge in [-0.1, -0.05) is 24.3 Å². The zero-order valence-corrected chi connectivity index (χ0v) is 9.98. The predicted octanol–water partition coefficient (Wildman–Crippen LogP) is 2.99. The van der Waals surface area contributed by atoms with Gasteiger partial charge in [-0.2, -0.15) is 0 Å². The molecule has 0 bridgehead atoms. The lowest BCUT2D eigenvalue weighted by atomic mass is 10.1. The number of para-hydroxylation sites is 2. The van der Waals surface area contributed by atoms with Gasteiger partial charge >= 0.3 is 0 Å². The molecule has 0 heterocycles. The lowest BCUT2D eigenvalue weighted by Gasteiger charge is -2.11. The molecule has 3 heteroatoms. The predicted molar refractivity (Wildman–Crippen MR) is 68.1 cm³/mol. The average Bonchev–Trinajstić information content (AvgIpc) is 2.82. The highest BCUT2D eigenvalue weighted by atomic mass is 16.5. The van der Waals surface area contributed by atoms with Gasteiger partial charge in [-0.05, 0) is 30.9 Å². The second-order valence-electron chi connectivity index (χ2n) is 4.22. The van der Waals surface area contributed by atoms with Crippen molar-refractivity contribution in [2.75, 3.05) is 12.4 Å². The number of anilines is 1. The molecular formula is C14H17NO2. The summed E-state index contributed by atoms with van der Waals surface area (Å²) in [6.07, 6.45) is 6.99. The van der Waals surface area contributed by atoms with Gasteiger partial charge in [0.2, 0.25) is 5.91 Å². The van der Waals surface area contributed by atoms with Gasteiger partial charge in [0.05, 0.1) is 12.8 Å². The van der Waals surface area contributed by atoms with E-state index in [9.17, 15) is 4.79 Å². The quantitative estimate of drug-likeness (QED) is 0.809. The maximum atomic E-state index is 11.8. The van der Waals surface area contributed by atoms with Crippen LogP contribution in [0.25, 0.3) is 0 Å². The first-order valence-electron chi connectivity index (χ1n) is 5.89. The zero-order valence-electron chi connectivity index (χ0n) is 9.98. The van der Waals surface area contributed by atoms with Gasteiger partial charge in [0.25, 0.3) is 0 Å². The molecule has 1 atom stereocenters. The third-order valence-corrected chi connectivity index (χ3v) is 2.94. The Kier molecular flexibility index (Phi) is 3.81. The van der Waals surface area contributed by atoms with Crippen molar-refractivity contribution in [2.45, 2.75) is 19.3 Å². The van der Waals surface area contributed by atoms with Gasteiger partial charge < -0.3 is 10.1 Å². The van der Waals surface area contributed by atoms with E-state index in [-0.39, 0.29) is 5.91 Å². The molecule has 90 valence electrons. The fraction of sp³-hybridized carbons (Fsp3) is 0.357. The largest absolute Gasteiger partial charge is 0.495 e. The van der Waals surface area contributed by atoms with Crippen LogP contribution in [-0.2, 0) is 4.79 Å². The molecule has 1 aliphatic rings. The number of hydrogen-bond acceptors (Lipinski definition) is 2. The number of amides is 1. The van der Waals surface area contributed by atoms with E-state index < -0.39 is 0 Å². The first-order chi connectivity index (χ1) is 8.29. The van der Waals surface area contributed by atoms with E-state index in [0.29, 0.717) is 18.1 Å². The van der Waals surface area contributed by atoms with Crippen LogP contribution in [0.4, 0.5) is 5.69 Å². The third-order valence-electron chi connectivity index (χ3n) is 2.94. The van der Waals surface area contributed by atoms with Crippen molar-refractivity contribution in [3.05, 3.63) is 36.4 Å². The highest BCUT2D eigenvalue weighted by Crippen LogP contribution is 2.25. The van der Waals surface area contributed by atoms with E-state index in [1.165, 1.54) is 0 Å². The number of rotatable bonds is 4. The first-order valence-corrected chi connectivity index (χ1v) is 5.89. The second kappa shape index (κ2) is 5.53. The normalized spacial score (nSPS) is 18.1. The molecule has 0 spiro atoms. The number of carbonyl (C=O) groups is 1. The van der Waals surface area contributed by atoms with Crippen LogP contribution in [0.5, 0.6) is 5.75 Å². The molecule has 0 saturated heterocycles. The summed E-state index contributed by atoms with van der Waals surface area (Å²) in [6, 6.07) is 7.45. The molecule has 0 radical (unpaired) electrons. The van der Waals surface area contributed by atoms with Crippen LogP contribution in [0.1, 0.15) is 19.3 Å². The summed E-state index contributed by atoms with van der Waals surface area (Å²) < 4.78 is 5.19. The van der Waals surface area contributed by atoms with Crippen LogP contribution in [0.2, 0.25) is 0 Å². The van der Waals surface area contributed by atoms with Gasteiger partial charge in [-0.3, -0.25) is 4.79 Å². The van der Waals surface area contributed by atoms with E-state index in [1.54, 1.807) is 7.11 Å². The summed E-state index contributed by atoms with van der Waals surface area (Å²) in [5, 5.41) is 2.89. The number of ether oxygens (including phenoxy) is 1. The van der Waals surface area contributed by atoms with Crippen LogP contribution in [0.15, 0.2) is 36.4 Å². The number of carbonyl (C=O) groups excluding carboxylic acids is 1. The smallest absolute Gasteiger partial charge is 0.225 e. The van der Waals surface area contributed by atoms with Crippen molar-refractivity contribution in [1.29, 1.82) is 0 Å². The Bertz CT molecular complexity index is 426. The highest BCUT2D eigenvalue weighted by Gasteiger charge is 2.14. The van der Waals surface area contributed by atoms with Gasteiger partial charge in [-0.25, -0.2) is 0 Å². The van der Waals surface area contributed by atoms with E-state index in [1.807, 2.05) is 24.3 Å². The highest BCUT2D eigenvalue weighted by molar-refractivity contribution is 5.92. The molecule has 1 aromatic carbocycles. The number of hydrogen-bond donors (Lipinski definition) is 1.